The minimum Gasteiger partial charge on any atom is -0.372 e. The van der Waals surface area contributed by atoms with Crippen molar-refractivity contribution in [3.63, 3.8) is 0 Å². The number of fused-ring (bicyclic) bond motifs is 1. The van der Waals surface area contributed by atoms with Crippen molar-refractivity contribution in [2.75, 3.05) is 31.6 Å². The number of carbonyl (C=O) groups is 1. The number of para-hydroxylation sites is 1. The Bertz CT molecular complexity index is 516. The van der Waals surface area contributed by atoms with Crippen LogP contribution in [0.25, 0.3) is 0 Å². The van der Waals surface area contributed by atoms with Gasteiger partial charge in [-0.15, -0.1) is 12.4 Å². The van der Waals surface area contributed by atoms with Gasteiger partial charge in [0, 0.05) is 37.8 Å². The third-order valence-electron chi connectivity index (χ3n) is 4.79. The van der Waals surface area contributed by atoms with Crippen molar-refractivity contribution in [3.05, 3.63) is 29.8 Å². The molecule has 0 aliphatic carbocycles. The number of anilines is 1. The lowest BCUT2D eigenvalue weighted by molar-refractivity contribution is -0.138. The summed E-state index contributed by atoms with van der Waals surface area (Å²) in [6.07, 6.45) is 1.94. The lowest BCUT2D eigenvalue weighted by Gasteiger charge is -2.33. The van der Waals surface area contributed by atoms with Gasteiger partial charge in [0.15, 0.2) is 0 Å². The fraction of sp³-hybridized carbons (Fsp3) is 0.588. The van der Waals surface area contributed by atoms with Crippen LogP contribution in [-0.4, -0.2) is 43.5 Å². The average molecular weight is 324 g/mol. The standard InChI is InChI=1S/C17H25N3O.ClH/c1-13-11-19(2)16-6-4-3-5-15(16)12-20(13)17(21)14-7-9-18-10-8-14;/h3-6,13-14,18H,7-12H2,1-2H3;1H. The minimum absolute atomic E-state index is 0. The summed E-state index contributed by atoms with van der Waals surface area (Å²) in [6, 6.07) is 8.69. The Kier molecular flexibility index (Phi) is 5.70. The first-order chi connectivity index (χ1) is 10.2. The van der Waals surface area contributed by atoms with Gasteiger partial charge in [-0.25, -0.2) is 0 Å². The molecule has 1 saturated heterocycles. The van der Waals surface area contributed by atoms with Gasteiger partial charge in [0.05, 0.1) is 0 Å². The number of carbonyl (C=O) groups excluding carboxylic acids is 1. The van der Waals surface area contributed by atoms with Crippen LogP contribution >= 0.6 is 12.4 Å². The largest absolute Gasteiger partial charge is 0.372 e. The zero-order chi connectivity index (χ0) is 14.8. The Labute approximate surface area is 139 Å². The van der Waals surface area contributed by atoms with Gasteiger partial charge in [0.1, 0.15) is 0 Å². The molecule has 1 fully saturated rings. The molecule has 1 unspecified atom stereocenters. The van der Waals surface area contributed by atoms with Crippen LogP contribution in [0.15, 0.2) is 24.3 Å². The number of piperidine rings is 1. The van der Waals surface area contributed by atoms with Gasteiger partial charge in [-0.3, -0.25) is 4.79 Å². The average Bonchev–Trinajstić information content (AvgIpc) is 2.64. The summed E-state index contributed by atoms with van der Waals surface area (Å²) in [5, 5.41) is 3.34. The third kappa shape index (κ3) is 3.39. The van der Waals surface area contributed by atoms with Crippen LogP contribution in [0.2, 0.25) is 0 Å². The van der Waals surface area contributed by atoms with Gasteiger partial charge in [-0.05, 0) is 44.5 Å². The first kappa shape index (κ1) is 17.1. The normalized spacial score (nSPS) is 22.5. The van der Waals surface area contributed by atoms with Crippen LogP contribution in [0.4, 0.5) is 5.69 Å². The first-order valence-corrected chi connectivity index (χ1v) is 7.97. The predicted molar refractivity (Wildman–Crippen MR) is 92.6 cm³/mol. The van der Waals surface area contributed by atoms with Crippen molar-refractivity contribution in [1.82, 2.24) is 10.2 Å². The maximum Gasteiger partial charge on any atom is 0.226 e. The Morgan fingerprint density at radius 3 is 2.64 bits per heavy atom. The molecule has 0 bridgehead atoms. The molecular weight excluding hydrogens is 298 g/mol. The molecule has 0 radical (unpaired) electrons. The fourth-order valence-electron chi connectivity index (χ4n) is 3.55. The van der Waals surface area contributed by atoms with Crippen LogP contribution in [0.3, 0.4) is 0 Å². The molecule has 22 heavy (non-hydrogen) atoms. The van der Waals surface area contributed by atoms with Gasteiger partial charge in [-0.1, -0.05) is 18.2 Å². The van der Waals surface area contributed by atoms with E-state index in [1.165, 1.54) is 11.3 Å². The van der Waals surface area contributed by atoms with E-state index < -0.39 is 0 Å². The molecule has 0 saturated carbocycles. The first-order valence-electron chi connectivity index (χ1n) is 7.97. The van der Waals surface area contributed by atoms with Crippen LogP contribution in [0.1, 0.15) is 25.3 Å². The minimum atomic E-state index is 0. The number of halogens is 1. The Morgan fingerprint density at radius 2 is 1.91 bits per heavy atom. The molecule has 1 atom stereocenters. The maximum absolute atomic E-state index is 12.9. The van der Waals surface area contributed by atoms with E-state index in [1.807, 2.05) is 0 Å². The zero-order valence-electron chi connectivity index (χ0n) is 13.4. The number of amides is 1. The summed E-state index contributed by atoms with van der Waals surface area (Å²) in [5.41, 5.74) is 2.51. The second kappa shape index (κ2) is 7.34. The van der Waals surface area contributed by atoms with E-state index in [4.69, 9.17) is 0 Å². The highest BCUT2D eigenvalue weighted by Crippen LogP contribution is 2.28. The van der Waals surface area contributed by atoms with E-state index in [0.29, 0.717) is 5.91 Å². The molecule has 2 aliphatic heterocycles. The highest BCUT2D eigenvalue weighted by atomic mass is 35.5. The lowest BCUT2D eigenvalue weighted by Crippen LogP contribution is -2.46. The molecule has 2 heterocycles. The van der Waals surface area contributed by atoms with Crippen molar-refractivity contribution in [1.29, 1.82) is 0 Å². The van der Waals surface area contributed by atoms with E-state index in [2.05, 4.69) is 53.4 Å². The van der Waals surface area contributed by atoms with Gasteiger partial charge >= 0.3 is 0 Å². The summed E-state index contributed by atoms with van der Waals surface area (Å²) in [6.45, 7) is 5.74. The summed E-state index contributed by atoms with van der Waals surface area (Å²) in [5.74, 6) is 0.540. The quantitative estimate of drug-likeness (QED) is 0.861. The Hall–Kier alpha value is -1.26. The van der Waals surface area contributed by atoms with E-state index in [9.17, 15) is 4.79 Å². The molecule has 4 nitrogen and oxygen atoms in total. The summed E-state index contributed by atoms with van der Waals surface area (Å²) in [4.78, 5) is 17.3. The molecule has 1 aromatic rings. The second-order valence-corrected chi connectivity index (χ2v) is 6.35. The van der Waals surface area contributed by atoms with Crippen molar-refractivity contribution < 1.29 is 4.79 Å². The van der Waals surface area contributed by atoms with Crippen LogP contribution in [0, 0.1) is 5.92 Å². The number of likely N-dealkylation sites (N-methyl/N-ethyl adjacent to an activating group) is 1. The molecular formula is C17H26ClN3O. The van der Waals surface area contributed by atoms with Crippen molar-refractivity contribution >= 4 is 24.0 Å². The molecule has 1 amide bonds. The van der Waals surface area contributed by atoms with E-state index >= 15 is 0 Å². The second-order valence-electron chi connectivity index (χ2n) is 6.35. The zero-order valence-corrected chi connectivity index (χ0v) is 14.2. The third-order valence-corrected chi connectivity index (χ3v) is 4.79. The number of nitrogens with one attached hydrogen (secondary N) is 1. The predicted octanol–water partition coefficient (Wildman–Crippen LogP) is 2.27. The maximum atomic E-state index is 12.9. The number of hydrogen-bond donors (Lipinski definition) is 1. The molecule has 0 aromatic heterocycles. The molecule has 5 heteroatoms. The summed E-state index contributed by atoms with van der Waals surface area (Å²) >= 11 is 0. The molecule has 122 valence electrons. The Balaban J connectivity index is 0.00000176. The molecule has 1 N–H and O–H groups in total. The van der Waals surface area contributed by atoms with Crippen LogP contribution in [-0.2, 0) is 11.3 Å². The highest BCUT2D eigenvalue weighted by molar-refractivity contribution is 5.85. The molecule has 2 aliphatic rings. The van der Waals surface area contributed by atoms with Crippen molar-refractivity contribution in [3.8, 4) is 0 Å². The van der Waals surface area contributed by atoms with E-state index in [0.717, 1.165) is 39.0 Å². The fourth-order valence-corrected chi connectivity index (χ4v) is 3.55. The van der Waals surface area contributed by atoms with Gasteiger partial charge in [0.25, 0.3) is 0 Å². The molecule has 0 spiro atoms. The van der Waals surface area contributed by atoms with Crippen LogP contribution < -0.4 is 10.2 Å². The Morgan fingerprint density at radius 1 is 1.23 bits per heavy atom. The molecule has 3 rings (SSSR count). The monoisotopic (exact) mass is 323 g/mol. The van der Waals surface area contributed by atoms with Gasteiger partial charge in [0.2, 0.25) is 5.91 Å². The summed E-state index contributed by atoms with van der Waals surface area (Å²) < 4.78 is 0. The van der Waals surface area contributed by atoms with Gasteiger partial charge < -0.3 is 15.1 Å². The lowest BCUT2D eigenvalue weighted by atomic mass is 9.95. The molecule has 1 aromatic carbocycles. The van der Waals surface area contributed by atoms with Crippen molar-refractivity contribution in [2.24, 2.45) is 5.92 Å². The topological polar surface area (TPSA) is 35.6 Å². The van der Waals surface area contributed by atoms with Gasteiger partial charge in [-0.2, -0.15) is 0 Å². The smallest absolute Gasteiger partial charge is 0.226 e. The highest BCUT2D eigenvalue weighted by Gasteiger charge is 2.31. The number of benzene rings is 1. The van der Waals surface area contributed by atoms with Crippen LogP contribution in [0.5, 0.6) is 0 Å². The number of rotatable bonds is 1. The summed E-state index contributed by atoms with van der Waals surface area (Å²) in [7, 11) is 2.12. The van der Waals surface area contributed by atoms with E-state index in [-0.39, 0.29) is 24.4 Å². The van der Waals surface area contributed by atoms with Crippen molar-refractivity contribution in [2.45, 2.75) is 32.4 Å². The van der Waals surface area contributed by atoms with E-state index in [1.54, 1.807) is 0 Å². The number of nitrogens with zero attached hydrogens (tertiary/aromatic N) is 2. The SMILES string of the molecule is CC1CN(C)c2ccccc2CN1C(=O)C1CCNCC1.Cl. The number of hydrogen-bond acceptors (Lipinski definition) is 3.